The summed E-state index contributed by atoms with van der Waals surface area (Å²) in [6.45, 7) is 3.43. The summed E-state index contributed by atoms with van der Waals surface area (Å²) in [7, 11) is 0. The van der Waals surface area contributed by atoms with Crippen molar-refractivity contribution in [3.8, 4) is 0 Å². The molecule has 0 unspecified atom stereocenters. The summed E-state index contributed by atoms with van der Waals surface area (Å²) in [4.78, 5) is 34.4. The van der Waals surface area contributed by atoms with Crippen molar-refractivity contribution in [2.75, 3.05) is 5.32 Å². The van der Waals surface area contributed by atoms with E-state index in [4.69, 9.17) is 0 Å². The number of carbonyl (C=O) groups excluding carboxylic acids is 2. The average molecular weight is 351 g/mol. The van der Waals surface area contributed by atoms with Crippen LogP contribution in [0.15, 0.2) is 42.5 Å². The van der Waals surface area contributed by atoms with Gasteiger partial charge >= 0.3 is 0 Å². The minimum atomic E-state index is -0.481. The number of nitrogens with one attached hydrogen (secondary N) is 1. The van der Waals surface area contributed by atoms with Crippen LogP contribution in [0, 0.1) is 24.0 Å². The Morgan fingerprint density at radius 1 is 1.23 bits per heavy atom. The van der Waals surface area contributed by atoms with Crippen LogP contribution in [0.25, 0.3) is 10.9 Å². The number of anilines is 1. The molecule has 132 valence electrons. The van der Waals surface area contributed by atoms with Crippen molar-refractivity contribution in [2.45, 2.75) is 20.4 Å². The number of carbonyl (C=O) groups is 2. The predicted octanol–water partition coefficient (Wildman–Crippen LogP) is 3.62. The number of nitrogens with zero attached hydrogens (tertiary/aromatic N) is 2. The van der Waals surface area contributed by atoms with E-state index in [1.165, 1.54) is 6.07 Å². The second kappa shape index (κ2) is 6.79. The topological polar surface area (TPSA) is 94.2 Å². The second-order valence-electron chi connectivity index (χ2n) is 6.03. The van der Waals surface area contributed by atoms with Gasteiger partial charge in [0.2, 0.25) is 5.91 Å². The minimum absolute atomic E-state index is 0.00185. The smallest absolute Gasteiger partial charge is 0.274 e. The molecule has 1 heterocycles. The molecule has 7 nitrogen and oxygen atoms in total. The summed E-state index contributed by atoms with van der Waals surface area (Å²) in [6, 6.07) is 11.9. The first-order valence-electron chi connectivity index (χ1n) is 8.00. The van der Waals surface area contributed by atoms with Gasteiger partial charge in [0.15, 0.2) is 6.29 Å². The molecule has 0 bridgehead atoms. The van der Waals surface area contributed by atoms with E-state index in [0.29, 0.717) is 22.5 Å². The van der Waals surface area contributed by atoms with Crippen LogP contribution >= 0.6 is 0 Å². The van der Waals surface area contributed by atoms with Gasteiger partial charge in [-0.15, -0.1) is 0 Å². The van der Waals surface area contributed by atoms with Crippen LogP contribution < -0.4 is 5.32 Å². The fourth-order valence-corrected chi connectivity index (χ4v) is 3.04. The summed E-state index contributed by atoms with van der Waals surface area (Å²) in [5.41, 5.74) is 2.88. The monoisotopic (exact) mass is 351 g/mol. The number of para-hydroxylation sites is 1. The number of benzene rings is 2. The molecular formula is C19H17N3O4. The number of nitro benzene ring substituents is 1. The van der Waals surface area contributed by atoms with Gasteiger partial charge in [0.05, 0.1) is 4.92 Å². The summed E-state index contributed by atoms with van der Waals surface area (Å²) < 4.78 is 1.76. The quantitative estimate of drug-likeness (QED) is 0.431. The first-order valence-corrected chi connectivity index (χ1v) is 8.00. The highest BCUT2D eigenvalue weighted by Crippen LogP contribution is 2.25. The third kappa shape index (κ3) is 3.06. The van der Waals surface area contributed by atoms with E-state index in [1.54, 1.807) is 30.5 Å². The van der Waals surface area contributed by atoms with Gasteiger partial charge in [-0.1, -0.05) is 24.3 Å². The Morgan fingerprint density at radius 2 is 1.96 bits per heavy atom. The maximum absolute atomic E-state index is 12.5. The van der Waals surface area contributed by atoms with E-state index in [1.807, 2.05) is 24.3 Å². The molecular weight excluding hydrogens is 334 g/mol. The van der Waals surface area contributed by atoms with Gasteiger partial charge in [0.1, 0.15) is 6.54 Å². The van der Waals surface area contributed by atoms with E-state index in [9.17, 15) is 19.7 Å². The zero-order chi connectivity index (χ0) is 18.8. The van der Waals surface area contributed by atoms with E-state index < -0.39 is 4.92 Å². The maximum atomic E-state index is 12.5. The van der Waals surface area contributed by atoms with Gasteiger partial charge < -0.3 is 9.88 Å². The van der Waals surface area contributed by atoms with Gasteiger partial charge in [0, 0.05) is 39.5 Å². The second-order valence-corrected chi connectivity index (χ2v) is 6.03. The van der Waals surface area contributed by atoms with Crippen molar-refractivity contribution in [2.24, 2.45) is 0 Å². The lowest BCUT2D eigenvalue weighted by atomic mass is 10.1. The molecule has 0 aliphatic rings. The molecule has 0 aliphatic carbocycles. The zero-order valence-electron chi connectivity index (χ0n) is 14.4. The van der Waals surface area contributed by atoms with Crippen LogP contribution in [0.3, 0.4) is 0 Å². The first kappa shape index (κ1) is 17.3. The van der Waals surface area contributed by atoms with Crippen molar-refractivity contribution in [1.82, 2.24) is 4.57 Å². The van der Waals surface area contributed by atoms with Crippen LogP contribution in [0.4, 0.5) is 11.4 Å². The Kier molecular flexibility index (Phi) is 4.53. The van der Waals surface area contributed by atoms with Crippen molar-refractivity contribution in [1.29, 1.82) is 0 Å². The molecule has 0 saturated carbocycles. The normalized spacial score (nSPS) is 10.7. The predicted molar refractivity (Wildman–Crippen MR) is 98.5 cm³/mol. The number of aryl methyl sites for hydroxylation is 1. The van der Waals surface area contributed by atoms with Gasteiger partial charge in [-0.05, 0) is 26.0 Å². The lowest BCUT2D eigenvalue weighted by Gasteiger charge is -2.10. The largest absolute Gasteiger partial charge is 0.335 e. The Morgan fingerprint density at radius 3 is 2.65 bits per heavy atom. The third-order valence-electron chi connectivity index (χ3n) is 4.39. The number of fused-ring (bicyclic) bond motifs is 1. The van der Waals surface area contributed by atoms with Gasteiger partial charge in [-0.25, -0.2) is 0 Å². The van der Waals surface area contributed by atoms with E-state index >= 15 is 0 Å². The fraction of sp³-hybridized carbons (Fsp3) is 0.158. The highest BCUT2D eigenvalue weighted by molar-refractivity contribution is 6.00. The summed E-state index contributed by atoms with van der Waals surface area (Å²) in [5, 5.41) is 14.5. The minimum Gasteiger partial charge on any atom is -0.335 e. The Bertz CT molecular complexity index is 1040. The Hall–Kier alpha value is -3.48. The molecule has 1 amide bonds. The first-order chi connectivity index (χ1) is 12.4. The molecule has 1 aromatic heterocycles. The standard InChI is InChI=1S/C19H17N3O4/c1-12-7-8-14(9-18(12)22(25)26)20-19(24)10-21-13(2)16(11-23)15-5-3-4-6-17(15)21/h3-9,11H,10H2,1-2H3,(H,20,24). The average Bonchev–Trinajstić information content (AvgIpc) is 2.88. The van der Waals surface area contributed by atoms with Crippen LogP contribution in [-0.4, -0.2) is 21.7 Å². The molecule has 0 saturated heterocycles. The van der Waals surface area contributed by atoms with E-state index in [2.05, 4.69) is 5.32 Å². The highest BCUT2D eigenvalue weighted by Gasteiger charge is 2.16. The molecule has 1 N–H and O–H groups in total. The molecule has 0 atom stereocenters. The van der Waals surface area contributed by atoms with Gasteiger partial charge in [-0.3, -0.25) is 19.7 Å². The third-order valence-corrected chi connectivity index (χ3v) is 4.39. The van der Waals surface area contributed by atoms with Crippen molar-refractivity contribution in [3.05, 3.63) is 69.4 Å². The molecule has 0 fully saturated rings. The summed E-state index contributed by atoms with van der Waals surface area (Å²) in [6.07, 6.45) is 0.787. The summed E-state index contributed by atoms with van der Waals surface area (Å²) >= 11 is 0. The lowest BCUT2D eigenvalue weighted by Crippen LogP contribution is -2.19. The van der Waals surface area contributed by atoms with Crippen molar-refractivity contribution < 1.29 is 14.5 Å². The molecule has 2 aromatic carbocycles. The molecule has 0 radical (unpaired) electrons. The van der Waals surface area contributed by atoms with Crippen molar-refractivity contribution in [3.63, 3.8) is 0 Å². The SMILES string of the molecule is Cc1ccc(NC(=O)Cn2c(C)c(C=O)c3ccccc32)cc1[N+](=O)[O-]. The Balaban J connectivity index is 1.89. The van der Waals surface area contributed by atoms with Crippen LogP contribution in [0.1, 0.15) is 21.6 Å². The molecule has 0 spiro atoms. The van der Waals surface area contributed by atoms with Gasteiger partial charge in [-0.2, -0.15) is 0 Å². The van der Waals surface area contributed by atoms with E-state index in [0.717, 1.165) is 17.2 Å². The van der Waals surface area contributed by atoms with Crippen LogP contribution in [0.2, 0.25) is 0 Å². The van der Waals surface area contributed by atoms with Crippen LogP contribution in [0.5, 0.6) is 0 Å². The molecule has 3 aromatic rings. The fourth-order valence-electron chi connectivity index (χ4n) is 3.04. The molecule has 26 heavy (non-hydrogen) atoms. The zero-order valence-corrected chi connectivity index (χ0v) is 14.4. The number of hydrogen-bond donors (Lipinski definition) is 1. The molecule has 7 heteroatoms. The number of amides is 1. The van der Waals surface area contributed by atoms with E-state index in [-0.39, 0.29) is 18.1 Å². The van der Waals surface area contributed by atoms with Crippen molar-refractivity contribution >= 4 is 34.5 Å². The van der Waals surface area contributed by atoms with Crippen LogP contribution in [-0.2, 0) is 11.3 Å². The number of rotatable bonds is 5. The Labute approximate surface area is 149 Å². The number of aromatic nitrogens is 1. The number of aldehydes is 1. The summed E-state index contributed by atoms with van der Waals surface area (Å²) in [5.74, 6) is -0.329. The highest BCUT2D eigenvalue weighted by atomic mass is 16.6. The molecule has 3 rings (SSSR count). The maximum Gasteiger partial charge on any atom is 0.274 e. The number of nitro groups is 1. The van der Waals surface area contributed by atoms with Gasteiger partial charge in [0.25, 0.3) is 5.69 Å². The number of hydrogen-bond acceptors (Lipinski definition) is 4. The molecule has 0 aliphatic heterocycles. The lowest BCUT2D eigenvalue weighted by molar-refractivity contribution is -0.385.